The molecule has 0 aliphatic heterocycles. The van der Waals surface area contributed by atoms with Gasteiger partial charge in [-0.25, -0.2) is 4.89 Å². The smallest absolute Gasteiger partial charge is 0.126 e. The highest BCUT2D eigenvalue weighted by Crippen LogP contribution is 2.23. The first kappa shape index (κ1) is 12.6. The van der Waals surface area contributed by atoms with Crippen LogP contribution in [0.5, 0.6) is 0 Å². The Kier molecular flexibility index (Phi) is 4.25. The highest BCUT2D eigenvalue weighted by molar-refractivity contribution is 5.75. The van der Waals surface area contributed by atoms with E-state index in [1.54, 1.807) is 27.7 Å². The summed E-state index contributed by atoms with van der Waals surface area (Å²) in [6.45, 7) is 6.35. The lowest BCUT2D eigenvalue weighted by atomic mass is 9.90. The van der Waals surface area contributed by atoms with E-state index in [9.17, 15) is 5.11 Å². The van der Waals surface area contributed by atoms with Gasteiger partial charge in [0.25, 0.3) is 0 Å². The maximum Gasteiger partial charge on any atom is 0.126 e. The van der Waals surface area contributed by atoms with Gasteiger partial charge in [-0.15, -0.1) is 0 Å². The molecule has 59 valence electrons. The van der Waals surface area contributed by atoms with Crippen LogP contribution in [0.2, 0.25) is 0 Å². The van der Waals surface area contributed by atoms with E-state index >= 15 is 0 Å². The van der Waals surface area contributed by atoms with Gasteiger partial charge < -0.3 is 5.11 Å². The van der Waals surface area contributed by atoms with Crippen molar-refractivity contribution in [2.24, 2.45) is 0 Å². The van der Waals surface area contributed by atoms with Crippen LogP contribution >= 0.6 is 0 Å². The average Bonchev–Trinajstić information content (AvgIpc) is 1.64. The van der Waals surface area contributed by atoms with Gasteiger partial charge in [-0.05, 0) is 27.7 Å². The predicted octanol–water partition coefficient (Wildman–Crippen LogP) is 0.645. The lowest BCUT2D eigenvalue weighted by Crippen LogP contribution is -2.46. The topological polar surface area (TPSA) is 49.7 Å². The van der Waals surface area contributed by atoms with Gasteiger partial charge in [0, 0.05) is 8.41 Å². The zero-order valence-corrected chi connectivity index (χ0v) is 6.88. The Labute approximate surface area is 63.5 Å². The molecule has 4 heteroatoms. The molecule has 0 heterocycles. The molecule has 0 unspecified atom stereocenters. The Bertz CT molecular complexity index is 95.7. The molecule has 0 aromatic rings. The summed E-state index contributed by atoms with van der Waals surface area (Å²) in [7, 11) is 0. The largest absolute Gasteiger partial charge is 0.387 e. The van der Waals surface area contributed by atoms with Crippen LogP contribution in [0, 0.1) is 0 Å². The molecule has 2 N–H and O–H groups in total. The normalized spacial score (nSPS) is 12.6. The van der Waals surface area contributed by atoms with Crippen LogP contribution < -0.4 is 0 Å². The van der Waals surface area contributed by atoms with Crippen LogP contribution in [0.4, 0.5) is 0 Å². The maximum atomic E-state index is 9.26. The van der Waals surface area contributed by atoms with Gasteiger partial charge in [-0.2, -0.15) is 0 Å². The van der Waals surface area contributed by atoms with Crippen LogP contribution in [-0.4, -0.2) is 30.0 Å². The first-order valence-corrected chi connectivity index (χ1v) is 2.86. The molecule has 0 spiro atoms. The molecule has 0 aromatic carbocycles. The summed E-state index contributed by atoms with van der Waals surface area (Å²) >= 11 is 0. The summed E-state index contributed by atoms with van der Waals surface area (Å²) in [6.07, 6.45) is 0. The zero-order chi connectivity index (χ0) is 7.71. The molecule has 0 atom stereocenters. The van der Waals surface area contributed by atoms with Crippen molar-refractivity contribution < 1.29 is 15.3 Å². The molecule has 0 saturated heterocycles. The van der Waals surface area contributed by atoms with Gasteiger partial charge in [-0.3, -0.25) is 5.26 Å². The summed E-state index contributed by atoms with van der Waals surface area (Å²) in [5, 5.41) is 17.5. The average molecular weight is 145 g/mol. The van der Waals surface area contributed by atoms with Gasteiger partial charge in [-0.1, -0.05) is 0 Å². The van der Waals surface area contributed by atoms with Crippen LogP contribution in [0.1, 0.15) is 27.7 Å². The van der Waals surface area contributed by atoms with E-state index in [0.717, 1.165) is 0 Å². The summed E-state index contributed by atoms with van der Waals surface area (Å²) in [4.78, 5) is 4.05. The van der Waals surface area contributed by atoms with Crippen molar-refractivity contribution in [2.45, 2.75) is 38.9 Å². The van der Waals surface area contributed by atoms with Crippen LogP contribution in [-0.2, 0) is 4.89 Å². The van der Waals surface area contributed by atoms with Crippen LogP contribution in [0.25, 0.3) is 0 Å². The van der Waals surface area contributed by atoms with E-state index in [0.29, 0.717) is 0 Å². The number of hydrogen-bond acceptors (Lipinski definition) is 3. The Hall–Kier alpha value is -0.0551. The molecule has 0 fully saturated rings. The summed E-state index contributed by atoms with van der Waals surface area (Å²) in [5.41, 5.74) is -1.94. The van der Waals surface area contributed by atoms with E-state index in [1.165, 1.54) is 0 Å². The van der Waals surface area contributed by atoms with Crippen molar-refractivity contribution in [2.75, 3.05) is 0 Å². The SMILES string of the molecule is CC(C)(O)C(C)(C)OO.[B]. The molecule has 0 aliphatic carbocycles. The second-order valence-electron chi connectivity index (χ2n) is 3.16. The Morgan fingerprint density at radius 2 is 1.40 bits per heavy atom. The minimum Gasteiger partial charge on any atom is -0.387 e. The molecule has 0 aliphatic rings. The third-order valence-corrected chi connectivity index (χ3v) is 1.70. The molecule has 0 amide bonds. The third kappa shape index (κ3) is 2.69. The van der Waals surface area contributed by atoms with Crippen molar-refractivity contribution in [3.8, 4) is 0 Å². The fourth-order valence-electron chi connectivity index (χ4n) is 0.112. The minimum atomic E-state index is -1.03. The summed E-state index contributed by atoms with van der Waals surface area (Å²) < 4.78 is 0. The van der Waals surface area contributed by atoms with Crippen molar-refractivity contribution in [3.63, 3.8) is 0 Å². The van der Waals surface area contributed by atoms with Gasteiger partial charge in [0.05, 0.1) is 5.60 Å². The van der Waals surface area contributed by atoms with E-state index < -0.39 is 11.2 Å². The Morgan fingerprint density at radius 1 is 1.10 bits per heavy atom. The Balaban J connectivity index is 0. The number of rotatable bonds is 2. The first-order chi connectivity index (χ1) is 3.81. The highest BCUT2D eigenvalue weighted by Gasteiger charge is 2.36. The van der Waals surface area contributed by atoms with E-state index in [1.807, 2.05) is 0 Å². The van der Waals surface area contributed by atoms with Gasteiger partial charge >= 0.3 is 0 Å². The fraction of sp³-hybridized carbons (Fsp3) is 1.00. The molecule has 0 aromatic heterocycles. The molecule has 0 rings (SSSR count). The maximum absolute atomic E-state index is 9.26. The molecule has 10 heavy (non-hydrogen) atoms. The molecular formula is C6H14BO3. The van der Waals surface area contributed by atoms with Gasteiger partial charge in [0.2, 0.25) is 0 Å². The fourth-order valence-corrected chi connectivity index (χ4v) is 0.112. The highest BCUT2D eigenvalue weighted by atomic mass is 17.1. The van der Waals surface area contributed by atoms with Crippen molar-refractivity contribution in [1.29, 1.82) is 0 Å². The number of hydrogen-bond donors (Lipinski definition) is 2. The monoisotopic (exact) mass is 145 g/mol. The van der Waals surface area contributed by atoms with E-state index in [-0.39, 0.29) is 8.41 Å². The quantitative estimate of drug-likeness (QED) is 0.340. The van der Waals surface area contributed by atoms with Crippen molar-refractivity contribution in [1.82, 2.24) is 0 Å². The van der Waals surface area contributed by atoms with E-state index in [4.69, 9.17) is 5.26 Å². The first-order valence-electron chi connectivity index (χ1n) is 2.86. The lowest BCUT2D eigenvalue weighted by molar-refractivity contribution is -0.348. The van der Waals surface area contributed by atoms with Crippen molar-refractivity contribution in [3.05, 3.63) is 0 Å². The molecule has 0 bridgehead atoms. The molecule has 0 saturated carbocycles. The minimum absolute atomic E-state index is 0. The second-order valence-corrected chi connectivity index (χ2v) is 3.16. The molecular weight excluding hydrogens is 131 g/mol. The molecule has 3 radical (unpaired) electrons. The summed E-state index contributed by atoms with van der Waals surface area (Å²) in [5.74, 6) is 0. The zero-order valence-electron chi connectivity index (χ0n) is 6.88. The standard InChI is InChI=1S/C6H14O3.B/c1-5(2,7)6(3,4)9-8;/h7-8H,1-4H3;. The Morgan fingerprint density at radius 3 is 1.40 bits per heavy atom. The van der Waals surface area contributed by atoms with Crippen LogP contribution in [0.3, 0.4) is 0 Å². The number of aliphatic hydroxyl groups is 1. The molecule has 3 nitrogen and oxygen atoms in total. The second kappa shape index (κ2) is 3.37. The van der Waals surface area contributed by atoms with Crippen molar-refractivity contribution >= 4 is 8.41 Å². The van der Waals surface area contributed by atoms with Gasteiger partial charge in [0.15, 0.2) is 0 Å². The third-order valence-electron chi connectivity index (χ3n) is 1.70. The summed E-state index contributed by atoms with van der Waals surface area (Å²) in [6, 6.07) is 0. The van der Waals surface area contributed by atoms with Gasteiger partial charge in [0.1, 0.15) is 5.60 Å². The van der Waals surface area contributed by atoms with Crippen LogP contribution in [0.15, 0.2) is 0 Å². The lowest BCUT2D eigenvalue weighted by Gasteiger charge is -2.33. The predicted molar refractivity (Wildman–Crippen MR) is 39.8 cm³/mol. The van der Waals surface area contributed by atoms with E-state index in [2.05, 4.69) is 4.89 Å².